The van der Waals surface area contributed by atoms with Crippen LogP contribution in [0.3, 0.4) is 0 Å². The summed E-state index contributed by atoms with van der Waals surface area (Å²) >= 11 is 0. The number of nitrogens with one attached hydrogen (secondary N) is 1. The van der Waals surface area contributed by atoms with Crippen LogP contribution in [0.15, 0.2) is 42.7 Å². The van der Waals surface area contributed by atoms with Gasteiger partial charge >= 0.3 is 0 Å². The molecule has 0 atom stereocenters. The zero-order valence-electron chi connectivity index (χ0n) is 7.44. The van der Waals surface area contributed by atoms with Gasteiger partial charge in [-0.3, -0.25) is 5.43 Å². The standard InChI is InChI=1S/C10H11N3/c1-9-3-5-10(6-4-9)12-13-8-2-7-11-13/h2-8,12H,1H3. The Morgan fingerprint density at radius 2 is 2.00 bits per heavy atom. The molecule has 0 aliphatic rings. The maximum Gasteiger partial charge on any atom is 0.0562 e. The first-order chi connectivity index (χ1) is 6.34. The van der Waals surface area contributed by atoms with Crippen molar-refractivity contribution < 1.29 is 0 Å². The number of hydrogen-bond acceptors (Lipinski definition) is 2. The molecule has 0 unspecified atom stereocenters. The lowest BCUT2D eigenvalue weighted by atomic mass is 10.2. The van der Waals surface area contributed by atoms with E-state index < -0.39 is 0 Å². The third-order valence-corrected chi connectivity index (χ3v) is 1.80. The van der Waals surface area contributed by atoms with Crippen LogP contribution in [-0.4, -0.2) is 9.89 Å². The molecule has 1 aromatic heterocycles. The van der Waals surface area contributed by atoms with Crippen molar-refractivity contribution >= 4 is 5.69 Å². The highest BCUT2D eigenvalue weighted by Crippen LogP contribution is 2.07. The number of hydrogen-bond donors (Lipinski definition) is 1. The van der Waals surface area contributed by atoms with Crippen molar-refractivity contribution in [3.8, 4) is 0 Å². The van der Waals surface area contributed by atoms with Crippen LogP contribution in [0.1, 0.15) is 5.56 Å². The minimum absolute atomic E-state index is 1.04. The third kappa shape index (κ3) is 1.87. The van der Waals surface area contributed by atoms with Crippen LogP contribution in [0.4, 0.5) is 5.69 Å². The molecule has 66 valence electrons. The molecule has 1 aromatic carbocycles. The van der Waals surface area contributed by atoms with Crippen LogP contribution >= 0.6 is 0 Å². The van der Waals surface area contributed by atoms with E-state index in [-0.39, 0.29) is 0 Å². The predicted molar refractivity (Wildman–Crippen MR) is 52.4 cm³/mol. The molecule has 0 spiro atoms. The summed E-state index contributed by atoms with van der Waals surface area (Å²) in [5.74, 6) is 0. The molecule has 2 rings (SSSR count). The molecule has 0 fully saturated rings. The normalized spacial score (nSPS) is 9.92. The van der Waals surface area contributed by atoms with E-state index in [1.54, 1.807) is 11.0 Å². The molecule has 0 bridgehead atoms. The van der Waals surface area contributed by atoms with Crippen molar-refractivity contribution in [1.82, 2.24) is 9.89 Å². The molecule has 13 heavy (non-hydrogen) atoms. The van der Waals surface area contributed by atoms with Crippen molar-refractivity contribution in [2.24, 2.45) is 0 Å². The van der Waals surface area contributed by atoms with Crippen molar-refractivity contribution in [1.29, 1.82) is 0 Å². The van der Waals surface area contributed by atoms with E-state index in [9.17, 15) is 0 Å². The molecular formula is C10H11N3. The molecule has 0 saturated heterocycles. The highest BCUT2D eigenvalue weighted by molar-refractivity contribution is 5.43. The van der Waals surface area contributed by atoms with Gasteiger partial charge in [0, 0.05) is 6.20 Å². The second-order valence-corrected chi connectivity index (χ2v) is 2.93. The Kier molecular flexibility index (Phi) is 2.00. The second kappa shape index (κ2) is 3.31. The number of anilines is 1. The Labute approximate surface area is 77.0 Å². The Morgan fingerprint density at radius 1 is 1.23 bits per heavy atom. The summed E-state index contributed by atoms with van der Waals surface area (Å²) in [5, 5.41) is 4.04. The van der Waals surface area contributed by atoms with Crippen LogP contribution in [0.5, 0.6) is 0 Å². The van der Waals surface area contributed by atoms with Gasteiger partial charge in [-0.2, -0.15) is 9.89 Å². The van der Waals surface area contributed by atoms with Crippen LogP contribution < -0.4 is 5.43 Å². The SMILES string of the molecule is Cc1ccc(Nn2cccn2)cc1. The number of benzene rings is 1. The van der Waals surface area contributed by atoms with Crippen LogP contribution in [-0.2, 0) is 0 Å². The van der Waals surface area contributed by atoms with Crippen molar-refractivity contribution in [2.45, 2.75) is 6.92 Å². The Morgan fingerprint density at radius 3 is 2.62 bits per heavy atom. The van der Waals surface area contributed by atoms with Gasteiger partial charge in [-0.25, -0.2) is 0 Å². The van der Waals surface area contributed by atoms with E-state index >= 15 is 0 Å². The van der Waals surface area contributed by atoms with Gasteiger partial charge in [0.2, 0.25) is 0 Å². The smallest absolute Gasteiger partial charge is 0.0562 e. The van der Waals surface area contributed by atoms with Gasteiger partial charge < -0.3 is 0 Å². The predicted octanol–water partition coefficient (Wildman–Crippen LogP) is 2.07. The van der Waals surface area contributed by atoms with Gasteiger partial charge in [0.05, 0.1) is 11.9 Å². The van der Waals surface area contributed by atoms with Crippen LogP contribution in [0.25, 0.3) is 0 Å². The molecule has 0 amide bonds. The van der Waals surface area contributed by atoms with Gasteiger partial charge in [-0.15, -0.1) is 0 Å². The summed E-state index contributed by atoms with van der Waals surface area (Å²) in [4.78, 5) is 1.67. The fraction of sp³-hybridized carbons (Fsp3) is 0.100. The van der Waals surface area contributed by atoms with Gasteiger partial charge in [0.25, 0.3) is 0 Å². The number of aryl methyl sites for hydroxylation is 1. The first-order valence-corrected chi connectivity index (χ1v) is 4.18. The van der Waals surface area contributed by atoms with E-state index in [0.29, 0.717) is 0 Å². The number of rotatable bonds is 2. The monoisotopic (exact) mass is 173 g/mol. The van der Waals surface area contributed by atoms with Crippen molar-refractivity contribution in [2.75, 3.05) is 5.43 Å². The molecule has 0 radical (unpaired) electrons. The average molecular weight is 173 g/mol. The summed E-state index contributed by atoms with van der Waals surface area (Å²) in [6.45, 7) is 2.07. The molecular weight excluding hydrogens is 162 g/mol. The molecule has 3 nitrogen and oxygen atoms in total. The van der Waals surface area contributed by atoms with Crippen molar-refractivity contribution in [3.05, 3.63) is 48.3 Å². The second-order valence-electron chi connectivity index (χ2n) is 2.93. The van der Waals surface area contributed by atoms with Crippen molar-refractivity contribution in [3.63, 3.8) is 0 Å². The Bertz CT molecular complexity index is 362. The largest absolute Gasteiger partial charge is 0.278 e. The van der Waals surface area contributed by atoms with E-state index in [1.807, 2.05) is 24.4 Å². The minimum atomic E-state index is 1.04. The highest BCUT2D eigenvalue weighted by Gasteiger charge is 1.91. The average Bonchev–Trinajstić information content (AvgIpc) is 2.62. The maximum atomic E-state index is 4.04. The molecule has 0 aliphatic heterocycles. The van der Waals surface area contributed by atoms with Gasteiger partial charge in [0.15, 0.2) is 0 Å². The molecule has 1 N–H and O–H groups in total. The van der Waals surface area contributed by atoms with Gasteiger partial charge in [-0.05, 0) is 25.1 Å². The van der Waals surface area contributed by atoms with Crippen LogP contribution in [0, 0.1) is 6.92 Å². The summed E-state index contributed by atoms with van der Waals surface area (Å²) < 4.78 is 0. The highest BCUT2D eigenvalue weighted by atomic mass is 15.5. The first-order valence-electron chi connectivity index (χ1n) is 4.18. The van der Waals surface area contributed by atoms with Crippen LogP contribution in [0.2, 0.25) is 0 Å². The minimum Gasteiger partial charge on any atom is -0.278 e. The molecule has 3 heteroatoms. The summed E-state index contributed by atoms with van der Waals surface area (Å²) in [6.07, 6.45) is 3.60. The molecule has 0 aliphatic carbocycles. The molecule has 1 heterocycles. The van der Waals surface area contributed by atoms with E-state index in [0.717, 1.165) is 5.69 Å². The quantitative estimate of drug-likeness (QED) is 0.753. The van der Waals surface area contributed by atoms with E-state index in [4.69, 9.17) is 0 Å². The first kappa shape index (κ1) is 7.86. The lowest BCUT2D eigenvalue weighted by Crippen LogP contribution is -2.08. The Balaban J connectivity index is 2.15. The summed E-state index contributed by atoms with van der Waals surface area (Å²) in [6, 6.07) is 10.0. The topological polar surface area (TPSA) is 29.9 Å². The summed E-state index contributed by atoms with van der Waals surface area (Å²) in [7, 11) is 0. The number of nitrogens with zero attached hydrogens (tertiary/aromatic N) is 2. The molecule has 2 aromatic rings. The lowest BCUT2D eigenvalue weighted by Gasteiger charge is -2.05. The fourth-order valence-corrected chi connectivity index (χ4v) is 1.10. The summed E-state index contributed by atoms with van der Waals surface area (Å²) in [5.41, 5.74) is 5.41. The third-order valence-electron chi connectivity index (χ3n) is 1.80. The zero-order chi connectivity index (χ0) is 9.10. The lowest BCUT2D eigenvalue weighted by molar-refractivity contribution is 0.803. The number of aromatic nitrogens is 2. The zero-order valence-corrected chi connectivity index (χ0v) is 7.44. The fourth-order valence-electron chi connectivity index (χ4n) is 1.10. The Hall–Kier alpha value is -1.77. The van der Waals surface area contributed by atoms with E-state index in [2.05, 4.69) is 29.6 Å². The van der Waals surface area contributed by atoms with Gasteiger partial charge in [-0.1, -0.05) is 17.7 Å². The molecule has 0 saturated carbocycles. The maximum absolute atomic E-state index is 4.04. The van der Waals surface area contributed by atoms with Gasteiger partial charge in [0.1, 0.15) is 0 Å². The van der Waals surface area contributed by atoms with E-state index in [1.165, 1.54) is 5.56 Å².